The van der Waals surface area contributed by atoms with E-state index in [0.29, 0.717) is 10.6 Å². The Morgan fingerprint density at radius 1 is 1.50 bits per heavy atom. The van der Waals surface area contributed by atoms with Crippen LogP contribution in [0.2, 0.25) is 5.02 Å². The molecule has 1 aromatic heterocycles. The summed E-state index contributed by atoms with van der Waals surface area (Å²) < 4.78 is 13.2. The number of benzene rings is 1. The first-order chi connectivity index (χ1) is 7.59. The van der Waals surface area contributed by atoms with Crippen LogP contribution in [-0.4, -0.2) is 16.1 Å². The van der Waals surface area contributed by atoms with E-state index in [1.54, 1.807) is 6.07 Å². The zero-order chi connectivity index (χ0) is 11.7. The van der Waals surface area contributed by atoms with Crippen LogP contribution < -0.4 is 0 Å². The van der Waals surface area contributed by atoms with Crippen molar-refractivity contribution in [2.45, 2.75) is 0 Å². The number of aromatic nitrogens is 1. The lowest BCUT2D eigenvalue weighted by Gasteiger charge is -2.00. The van der Waals surface area contributed by atoms with Crippen LogP contribution >= 0.6 is 22.9 Å². The lowest BCUT2D eigenvalue weighted by atomic mass is 10.2. The van der Waals surface area contributed by atoms with Gasteiger partial charge < -0.3 is 5.11 Å². The van der Waals surface area contributed by atoms with Crippen LogP contribution in [0.3, 0.4) is 0 Å². The molecule has 0 saturated heterocycles. The van der Waals surface area contributed by atoms with Gasteiger partial charge in [-0.05, 0) is 6.07 Å². The lowest BCUT2D eigenvalue weighted by molar-refractivity contribution is 0.0691. The molecule has 2 aromatic rings. The zero-order valence-corrected chi connectivity index (χ0v) is 9.35. The maximum Gasteiger partial charge on any atom is 0.355 e. The third-order valence-corrected chi connectivity index (χ3v) is 3.17. The number of aromatic carboxylic acids is 1. The zero-order valence-electron chi connectivity index (χ0n) is 7.78. The van der Waals surface area contributed by atoms with E-state index in [1.807, 2.05) is 0 Å². The van der Waals surface area contributed by atoms with Crippen LogP contribution in [0.1, 0.15) is 10.5 Å². The van der Waals surface area contributed by atoms with Gasteiger partial charge in [0.15, 0.2) is 5.69 Å². The quantitative estimate of drug-likeness (QED) is 0.898. The van der Waals surface area contributed by atoms with Gasteiger partial charge in [0.2, 0.25) is 0 Å². The Kier molecular flexibility index (Phi) is 2.89. The predicted molar refractivity (Wildman–Crippen MR) is 59.5 cm³/mol. The second kappa shape index (κ2) is 4.19. The van der Waals surface area contributed by atoms with Crippen molar-refractivity contribution < 1.29 is 14.3 Å². The minimum absolute atomic E-state index is 0.0474. The highest BCUT2D eigenvalue weighted by atomic mass is 35.5. The number of hydrogen-bond acceptors (Lipinski definition) is 3. The van der Waals surface area contributed by atoms with E-state index in [4.69, 9.17) is 16.7 Å². The first kappa shape index (κ1) is 11.0. The summed E-state index contributed by atoms with van der Waals surface area (Å²) >= 11 is 6.87. The van der Waals surface area contributed by atoms with E-state index in [0.717, 1.165) is 11.3 Å². The number of nitrogens with zero attached hydrogens (tertiary/aromatic N) is 1. The molecule has 16 heavy (non-hydrogen) atoms. The Hall–Kier alpha value is -1.46. The fraction of sp³-hybridized carbons (Fsp3) is 0. The van der Waals surface area contributed by atoms with Gasteiger partial charge >= 0.3 is 5.97 Å². The summed E-state index contributed by atoms with van der Waals surface area (Å²) in [6, 6.07) is 4.33. The molecule has 6 heteroatoms. The van der Waals surface area contributed by atoms with E-state index in [1.165, 1.54) is 17.5 Å². The molecule has 0 radical (unpaired) electrons. The summed E-state index contributed by atoms with van der Waals surface area (Å²) in [6.45, 7) is 0. The van der Waals surface area contributed by atoms with Crippen molar-refractivity contribution in [1.82, 2.24) is 4.98 Å². The van der Waals surface area contributed by atoms with Crippen LogP contribution in [0.15, 0.2) is 23.6 Å². The highest BCUT2D eigenvalue weighted by Gasteiger charge is 2.14. The minimum Gasteiger partial charge on any atom is -0.476 e. The lowest BCUT2D eigenvalue weighted by Crippen LogP contribution is -1.95. The number of thiazole rings is 1. The smallest absolute Gasteiger partial charge is 0.355 e. The summed E-state index contributed by atoms with van der Waals surface area (Å²) in [7, 11) is 0. The molecule has 2 rings (SSSR count). The van der Waals surface area contributed by atoms with E-state index in [2.05, 4.69) is 4.98 Å². The number of rotatable bonds is 2. The Morgan fingerprint density at radius 2 is 2.25 bits per heavy atom. The SMILES string of the molecule is O=C(O)c1csc(-c2cccc(F)c2Cl)n1. The summed E-state index contributed by atoms with van der Waals surface area (Å²) in [5, 5.41) is 10.4. The molecule has 0 fully saturated rings. The maximum atomic E-state index is 13.2. The highest BCUT2D eigenvalue weighted by Crippen LogP contribution is 2.31. The molecule has 0 aliphatic carbocycles. The standard InChI is InChI=1S/C10H5ClFNO2S/c11-8-5(2-1-3-6(8)12)9-13-7(4-16-9)10(14)15/h1-4H,(H,14,15). The van der Waals surface area contributed by atoms with Crippen molar-refractivity contribution in [1.29, 1.82) is 0 Å². The number of hydrogen-bond donors (Lipinski definition) is 1. The van der Waals surface area contributed by atoms with Gasteiger partial charge in [-0.1, -0.05) is 23.7 Å². The minimum atomic E-state index is -1.12. The van der Waals surface area contributed by atoms with Crippen molar-refractivity contribution >= 4 is 28.9 Å². The fourth-order valence-electron chi connectivity index (χ4n) is 1.16. The molecule has 0 atom stereocenters. The van der Waals surface area contributed by atoms with Gasteiger partial charge in [0.25, 0.3) is 0 Å². The molecular formula is C10H5ClFNO2S. The van der Waals surface area contributed by atoms with Crippen LogP contribution in [0.5, 0.6) is 0 Å². The molecule has 0 aliphatic heterocycles. The number of halogens is 2. The van der Waals surface area contributed by atoms with Gasteiger partial charge in [-0.25, -0.2) is 14.2 Å². The Balaban J connectivity index is 2.50. The molecule has 0 saturated carbocycles. The second-order valence-electron chi connectivity index (χ2n) is 2.94. The van der Waals surface area contributed by atoms with Crippen molar-refractivity contribution in [3.63, 3.8) is 0 Å². The van der Waals surface area contributed by atoms with E-state index < -0.39 is 11.8 Å². The number of carboxylic acids is 1. The van der Waals surface area contributed by atoms with Crippen molar-refractivity contribution in [2.24, 2.45) is 0 Å². The first-order valence-electron chi connectivity index (χ1n) is 4.23. The Bertz CT molecular complexity index is 556. The van der Waals surface area contributed by atoms with Crippen LogP contribution in [-0.2, 0) is 0 Å². The molecule has 0 aliphatic rings. The Morgan fingerprint density at radius 3 is 2.88 bits per heavy atom. The molecule has 0 unspecified atom stereocenters. The van der Waals surface area contributed by atoms with Gasteiger partial charge in [-0.15, -0.1) is 11.3 Å². The van der Waals surface area contributed by atoms with Gasteiger partial charge in [0.05, 0.1) is 5.02 Å². The van der Waals surface area contributed by atoms with Gasteiger partial charge in [-0.2, -0.15) is 0 Å². The van der Waals surface area contributed by atoms with Crippen molar-refractivity contribution in [3.05, 3.63) is 40.1 Å². The highest BCUT2D eigenvalue weighted by molar-refractivity contribution is 7.13. The van der Waals surface area contributed by atoms with Crippen LogP contribution in [0.25, 0.3) is 10.6 Å². The van der Waals surface area contributed by atoms with Crippen LogP contribution in [0, 0.1) is 5.82 Å². The Labute approximate surface area is 99.1 Å². The number of carbonyl (C=O) groups is 1. The average molecular weight is 258 g/mol. The van der Waals surface area contributed by atoms with Gasteiger partial charge in [0.1, 0.15) is 10.8 Å². The topological polar surface area (TPSA) is 50.2 Å². The van der Waals surface area contributed by atoms with Crippen LogP contribution in [0.4, 0.5) is 4.39 Å². The maximum absolute atomic E-state index is 13.2. The summed E-state index contributed by atoms with van der Waals surface area (Å²) in [6.07, 6.45) is 0. The summed E-state index contributed by atoms with van der Waals surface area (Å²) in [4.78, 5) is 14.5. The molecule has 1 aromatic carbocycles. The largest absolute Gasteiger partial charge is 0.476 e. The average Bonchev–Trinajstić information content (AvgIpc) is 2.71. The number of carboxylic acid groups (broad SMARTS) is 1. The second-order valence-corrected chi connectivity index (χ2v) is 4.18. The molecule has 0 spiro atoms. The first-order valence-corrected chi connectivity index (χ1v) is 5.48. The van der Waals surface area contributed by atoms with E-state index in [-0.39, 0.29) is 10.7 Å². The van der Waals surface area contributed by atoms with Crippen molar-refractivity contribution in [2.75, 3.05) is 0 Å². The third kappa shape index (κ3) is 1.91. The predicted octanol–water partition coefficient (Wildman–Crippen LogP) is 3.30. The molecular weight excluding hydrogens is 253 g/mol. The summed E-state index contributed by atoms with van der Waals surface area (Å²) in [5.74, 6) is -1.67. The molecule has 0 amide bonds. The normalized spacial score (nSPS) is 10.4. The molecule has 82 valence electrons. The van der Waals surface area contributed by atoms with E-state index >= 15 is 0 Å². The molecule has 0 bridgehead atoms. The summed E-state index contributed by atoms with van der Waals surface area (Å²) in [5.41, 5.74) is 0.333. The van der Waals surface area contributed by atoms with Crippen molar-refractivity contribution in [3.8, 4) is 10.6 Å². The van der Waals surface area contributed by atoms with Gasteiger partial charge in [0, 0.05) is 10.9 Å². The molecule has 3 nitrogen and oxygen atoms in total. The van der Waals surface area contributed by atoms with E-state index in [9.17, 15) is 9.18 Å². The van der Waals surface area contributed by atoms with Gasteiger partial charge in [-0.3, -0.25) is 0 Å². The molecule has 1 N–H and O–H groups in total. The molecule has 1 heterocycles. The monoisotopic (exact) mass is 257 g/mol. The fourth-order valence-corrected chi connectivity index (χ4v) is 2.26. The third-order valence-electron chi connectivity index (χ3n) is 1.91.